The third kappa shape index (κ3) is 7.90. The molecule has 0 bridgehead atoms. The van der Waals surface area contributed by atoms with Gasteiger partial charge in [0.15, 0.2) is 0 Å². The van der Waals surface area contributed by atoms with Gasteiger partial charge in [-0.15, -0.1) is 0 Å². The van der Waals surface area contributed by atoms with Crippen LogP contribution in [0.1, 0.15) is 32.3 Å². The van der Waals surface area contributed by atoms with Gasteiger partial charge in [0.1, 0.15) is 18.3 Å². The molecule has 1 N–H and O–H groups in total. The molecule has 3 rings (SSSR count). The maximum Gasteiger partial charge on any atom is 0.264 e. The van der Waals surface area contributed by atoms with Crippen molar-refractivity contribution in [3.05, 3.63) is 88.4 Å². The fourth-order valence-electron chi connectivity index (χ4n) is 4.04. The Kier molecular flexibility index (Phi) is 11.2. The molecule has 2 amide bonds. The fraction of sp³-hybridized carbons (Fsp3) is 0.310. The van der Waals surface area contributed by atoms with Gasteiger partial charge in [0, 0.05) is 23.1 Å². The fourth-order valence-corrected chi connectivity index (χ4v) is 5.86. The number of unbranched alkanes of at least 4 members (excludes halogenated alkanes) is 1. The van der Waals surface area contributed by atoms with Crippen LogP contribution in [0.5, 0.6) is 5.75 Å². The summed E-state index contributed by atoms with van der Waals surface area (Å²) in [5.74, 6) is -0.732. The average Bonchev–Trinajstić information content (AvgIpc) is 2.94. The topological polar surface area (TPSA) is 96.0 Å². The Morgan fingerprint density at radius 1 is 0.975 bits per heavy atom. The number of nitrogens with zero attached hydrogens (tertiary/aromatic N) is 2. The van der Waals surface area contributed by atoms with Gasteiger partial charge in [0.05, 0.1) is 17.7 Å². The van der Waals surface area contributed by atoms with Gasteiger partial charge in [-0.3, -0.25) is 13.9 Å². The number of nitrogens with one attached hydrogen (secondary N) is 1. The Bertz CT molecular complexity index is 1420. The highest BCUT2D eigenvalue weighted by atomic mass is 35.5. The molecule has 0 unspecified atom stereocenters. The van der Waals surface area contributed by atoms with Gasteiger partial charge >= 0.3 is 0 Å². The summed E-state index contributed by atoms with van der Waals surface area (Å²) >= 11 is 12.4. The Morgan fingerprint density at radius 2 is 1.68 bits per heavy atom. The van der Waals surface area contributed by atoms with Gasteiger partial charge in [0.2, 0.25) is 11.8 Å². The minimum atomic E-state index is -4.25. The summed E-state index contributed by atoms with van der Waals surface area (Å²) < 4.78 is 34.2. The highest BCUT2D eigenvalue weighted by molar-refractivity contribution is 7.92. The number of hydrogen-bond acceptors (Lipinski definition) is 5. The van der Waals surface area contributed by atoms with E-state index in [1.165, 1.54) is 36.3 Å². The second-order valence-corrected chi connectivity index (χ2v) is 11.8. The van der Waals surface area contributed by atoms with E-state index in [-0.39, 0.29) is 33.8 Å². The lowest BCUT2D eigenvalue weighted by molar-refractivity contribution is -0.139. The molecule has 3 aromatic rings. The van der Waals surface area contributed by atoms with Gasteiger partial charge in [-0.2, -0.15) is 0 Å². The van der Waals surface area contributed by atoms with Crippen LogP contribution in [0.3, 0.4) is 0 Å². The summed E-state index contributed by atoms with van der Waals surface area (Å²) in [7, 11) is -2.85. The first-order chi connectivity index (χ1) is 19.1. The summed E-state index contributed by atoms with van der Waals surface area (Å²) in [5, 5.41) is 3.59. The molecule has 0 aliphatic heterocycles. The number of carbonyl (C=O) groups is 2. The number of ether oxygens (including phenoxy) is 1. The number of amides is 2. The monoisotopic (exact) mass is 605 g/mol. The molecule has 0 fully saturated rings. The molecule has 11 heteroatoms. The van der Waals surface area contributed by atoms with Gasteiger partial charge < -0.3 is 15.0 Å². The maximum atomic E-state index is 14.0. The third-order valence-corrected chi connectivity index (χ3v) is 8.50. The van der Waals surface area contributed by atoms with Crippen molar-refractivity contribution in [1.82, 2.24) is 10.2 Å². The van der Waals surface area contributed by atoms with E-state index in [2.05, 4.69) is 5.32 Å². The van der Waals surface area contributed by atoms with E-state index in [1.807, 2.05) is 6.92 Å². The number of carbonyl (C=O) groups excluding carboxylic acids is 2. The second-order valence-electron chi connectivity index (χ2n) is 9.11. The van der Waals surface area contributed by atoms with E-state index in [4.69, 9.17) is 27.9 Å². The van der Waals surface area contributed by atoms with E-state index in [1.54, 1.807) is 55.5 Å². The summed E-state index contributed by atoms with van der Waals surface area (Å²) in [6.07, 6.45) is 1.69. The van der Waals surface area contributed by atoms with Crippen molar-refractivity contribution in [2.45, 2.75) is 44.2 Å². The molecule has 3 aromatic carbocycles. The average molecular weight is 607 g/mol. The smallest absolute Gasteiger partial charge is 0.264 e. The zero-order valence-corrected chi connectivity index (χ0v) is 25.0. The molecule has 0 aliphatic carbocycles. The summed E-state index contributed by atoms with van der Waals surface area (Å²) in [6, 6.07) is 18.3. The van der Waals surface area contributed by atoms with Crippen LogP contribution in [0.4, 0.5) is 5.69 Å². The van der Waals surface area contributed by atoms with Crippen LogP contribution in [-0.4, -0.2) is 51.4 Å². The molecule has 1 atom stereocenters. The molecule has 214 valence electrons. The van der Waals surface area contributed by atoms with Crippen molar-refractivity contribution in [3.63, 3.8) is 0 Å². The van der Waals surface area contributed by atoms with Crippen LogP contribution in [0, 0.1) is 0 Å². The predicted octanol–water partition coefficient (Wildman–Crippen LogP) is 5.53. The third-order valence-electron chi connectivity index (χ3n) is 6.26. The van der Waals surface area contributed by atoms with Crippen molar-refractivity contribution < 1.29 is 22.7 Å². The molecule has 0 spiro atoms. The highest BCUT2D eigenvalue weighted by Crippen LogP contribution is 2.35. The number of sulfonamides is 1. The van der Waals surface area contributed by atoms with Crippen molar-refractivity contribution in [2.24, 2.45) is 0 Å². The Hall–Kier alpha value is -3.27. The molecule has 40 heavy (non-hydrogen) atoms. The van der Waals surface area contributed by atoms with Crippen molar-refractivity contribution in [2.75, 3.05) is 24.5 Å². The van der Waals surface area contributed by atoms with Gasteiger partial charge in [-0.25, -0.2) is 8.42 Å². The van der Waals surface area contributed by atoms with Crippen LogP contribution in [-0.2, 0) is 26.2 Å². The minimum absolute atomic E-state index is 0.0171. The van der Waals surface area contributed by atoms with Gasteiger partial charge in [-0.05, 0) is 61.4 Å². The van der Waals surface area contributed by atoms with Crippen LogP contribution < -0.4 is 14.4 Å². The van der Waals surface area contributed by atoms with E-state index < -0.39 is 28.5 Å². The largest absolute Gasteiger partial charge is 0.495 e. The Balaban J connectivity index is 2.06. The number of rotatable bonds is 13. The molecule has 0 aromatic heterocycles. The summed E-state index contributed by atoms with van der Waals surface area (Å²) in [5.41, 5.74) is 0.779. The van der Waals surface area contributed by atoms with Crippen LogP contribution in [0.15, 0.2) is 77.7 Å². The molecule has 0 saturated heterocycles. The lowest BCUT2D eigenvalue weighted by Gasteiger charge is -2.32. The number of methoxy groups -OCH3 is 1. The molecule has 0 radical (unpaired) electrons. The van der Waals surface area contributed by atoms with Crippen LogP contribution in [0.25, 0.3) is 0 Å². The number of anilines is 1. The number of hydrogen-bond donors (Lipinski definition) is 1. The van der Waals surface area contributed by atoms with Crippen LogP contribution >= 0.6 is 23.2 Å². The standard InChI is InChI=1S/C29H33Cl2N3O5S/c1-4-5-16-32-29(36)21(2)33(19-22-10-9-11-23(30)17-22)28(35)20-34(26-18-24(31)14-15-27(26)39-3)40(37,38)25-12-7-6-8-13-25/h6-15,17-18,21H,4-5,16,19-20H2,1-3H3,(H,32,36)/t21-/m1/s1. The molecule has 0 heterocycles. The number of benzene rings is 3. The molecule has 8 nitrogen and oxygen atoms in total. The first-order valence-electron chi connectivity index (χ1n) is 12.8. The second kappa shape index (κ2) is 14.4. The lowest BCUT2D eigenvalue weighted by Crippen LogP contribution is -2.51. The van der Waals surface area contributed by atoms with E-state index in [9.17, 15) is 18.0 Å². The lowest BCUT2D eigenvalue weighted by atomic mass is 10.1. The first-order valence-corrected chi connectivity index (χ1v) is 15.0. The minimum Gasteiger partial charge on any atom is -0.495 e. The van der Waals surface area contributed by atoms with E-state index in [0.29, 0.717) is 17.1 Å². The zero-order valence-electron chi connectivity index (χ0n) is 22.6. The zero-order chi connectivity index (χ0) is 29.3. The first kappa shape index (κ1) is 31.3. The van der Waals surface area contributed by atoms with Gasteiger partial charge in [-0.1, -0.05) is 66.9 Å². The molecular weight excluding hydrogens is 573 g/mol. The quantitative estimate of drug-likeness (QED) is 0.258. The Morgan fingerprint density at radius 3 is 2.33 bits per heavy atom. The maximum absolute atomic E-state index is 14.0. The van der Waals surface area contributed by atoms with E-state index in [0.717, 1.165) is 17.1 Å². The summed E-state index contributed by atoms with van der Waals surface area (Å²) in [6.45, 7) is 3.51. The predicted molar refractivity (Wildman–Crippen MR) is 158 cm³/mol. The van der Waals surface area contributed by atoms with Gasteiger partial charge in [0.25, 0.3) is 10.0 Å². The molecule has 0 saturated carbocycles. The van der Waals surface area contributed by atoms with Crippen LogP contribution in [0.2, 0.25) is 10.0 Å². The molecular formula is C29H33Cl2N3O5S. The van der Waals surface area contributed by atoms with Crippen molar-refractivity contribution in [3.8, 4) is 5.75 Å². The van der Waals surface area contributed by atoms with Crippen molar-refractivity contribution >= 4 is 50.7 Å². The highest BCUT2D eigenvalue weighted by Gasteiger charge is 2.34. The summed E-state index contributed by atoms with van der Waals surface area (Å²) in [4.78, 5) is 28.4. The molecule has 0 aliphatic rings. The van der Waals surface area contributed by atoms with Crippen molar-refractivity contribution in [1.29, 1.82) is 0 Å². The Labute approximate surface area is 245 Å². The SMILES string of the molecule is CCCCNC(=O)[C@@H](C)N(Cc1cccc(Cl)c1)C(=O)CN(c1cc(Cl)ccc1OC)S(=O)(=O)c1ccccc1. The normalized spacial score (nSPS) is 11.9. The number of halogens is 2. The van der Waals surface area contributed by atoms with E-state index >= 15 is 0 Å².